The van der Waals surface area contributed by atoms with Crippen LogP contribution in [0.5, 0.6) is 0 Å². The Balaban J connectivity index is 0.000000490. The monoisotopic (exact) mass is 205 g/mol. The van der Waals surface area contributed by atoms with Crippen LogP contribution in [-0.2, 0) is 23.2 Å². The number of halogens is 1. The van der Waals surface area contributed by atoms with E-state index in [4.69, 9.17) is 0 Å². The standard InChI is InChI=1S/C5H5.CH3.ClH.Zr/c1-2-4-5-3-1;;;/h1-3H,4H2;1H3;1H;/q;;;+1/p-1. The number of rotatable bonds is 1. The molecule has 2 heteroatoms. The van der Waals surface area contributed by atoms with Gasteiger partial charge < -0.3 is 12.4 Å². The fourth-order valence-corrected chi connectivity index (χ4v) is 2.07. The molecule has 0 heterocycles. The second-order valence-corrected chi connectivity index (χ2v) is 4.38. The molecule has 0 unspecified atom stereocenters. The van der Waals surface area contributed by atoms with Gasteiger partial charge in [0.2, 0.25) is 0 Å². The van der Waals surface area contributed by atoms with Gasteiger partial charge >= 0.3 is 55.8 Å². The van der Waals surface area contributed by atoms with E-state index in [0.29, 0.717) is 0 Å². The van der Waals surface area contributed by atoms with Gasteiger partial charge in [-0.15, -0.1) is 0 Å². The van der Waals surface area contributed by atoms with Crippen LogP contribution in [0, 0.1) is 0 Å². The Morgan fingerprint density at radius 3 is 2.62 bits per heavy atom. The Morgan fingerprint density at radius 2 is 2.38 bits per heavy atom. The molecule has 0 atom stereocenters. The van der Waals surface area contributed by atoms with Gasteiger partial charge in [0.1, 0.15) is 0 Å². The smallest absolute Gasteiger partial charge is 1.00 e. The van der Waals surface area contributed by atoms with E-state index in [2.05, 4.69) is 22.9 Å². The molecule has 1 aliphatic rings. The summed E-state index contributed by atoms with van der Waals surface area (Å²) >= 11 is -0.0408. The molecule has 0 N–H and O–H groups in total. The Morgan fingerprint density at radius 1 is 1.62 bits per heavy atom. The van der Waals surface area contributed by atoms with Gasteiger partial charge in [0.15, 0.2) is 0 Å². The zero-order valence-corrected chi connectivity index (χ0v) is 8.03. The van der Waals surface area contributed by atoms with Crippen molar-refractivity contribution in [3.63, 3.8) is 0 Å². The summed E-state index contributed by atoms with van der Waals surface area (Å²) in [5, 5.41) is 0. The molecule has 0 aromatic rings. The van der Waals surface area contributed by atoms with Gasteiger partial charge in [0.05, 0.1) is 0 Å². The zero-order chi connectivity index (χ0) is 5.11. The largest absolute Gasteiger partial charge is 1.00 e. The Bertz CT molecular complexity index is 116. The molecule has 0 bridgehead atoms. The molecule has 0 radical (unpaired) electrons. The van der Waals surface area contributed by atoms with Gasteiger partial charge in [-0.1, -0.05) is 0 Å². The third-order valence-corrected chi connectivity index (χ3v) is 3.58. The topological polar surface area (TPSA) is 0 Å². The van der Waals surface area contributed by atoms with E-state index in [0.717, 1.165) is 0 Å². The first-order chi connectivity index (χ1) is 3.43. The third-order valence-electron chi connectivity index (χ3n) is 1.09. The van der Waals surface area contributed by atoms with Crippen molar-refractivity contribution in [1.29, 1.82) is 0 Å². The average molecular weight is 207 g/mol. The predicted molar refractivity (Wildman–Crippen MR) is 27.7 cm³/mol. The molecule has 0 nitrogen and oxygen atoms in total. The summed E-state index contributed by atoms with van der Waals surface area (Å²) in [6.45, 7) is 0. The minimum atomic E-state index is -0.0408. The molecule has 0 amide bonds. The Labute approximate surface area is 68.0 Å². The van der Waals surface area contributed by atoms with Crippen molar-refractivity contribution in [1.82, 2.24) is 0 Å². The number of hydrogen-bond acceptors (Lipinski definition) is 0. The Kier molecular flexibility index (Phi) is 4.89. The summed E-state index contributed by atoms with van der Waals surface area (Å²) in [4.78, 5) is 0. The first-order valence-corrected chi connectivity index (χ1v) is 6.15. The fourth-order valence-electron chi connectivity index (χ4n) is 0.633. The molecule has 0 fully saturated rings. The number of hydrogen-bond donors (Lipinski definition) is 0. The van der Waals surface area contributed by atoms with Crippen LogP contribution in [-0.4, -0.2) is 0 Å². The first-order valence-electron chi connectivity index (χ1n) is 2.47. The summed E-state index contributed by atoms with van der Waals surface area (Å²) in [6, 6.07) is 0. The van der Waals surface area contributed by atoms with Gasteiger partial charge in [-0.2, -0.15) is 0 Å². The van der Waals surface area contributed by atoms with Gasteiger partial charge in [0, 0.05) is 0 Å². The first kappa shape index (κ1) is 8.65. The number of allylic oxidation sites excluding steroid dienone is 4. The molecule has 8 heavy (non-hydrogen) atoms. The SMILES string of the molecule is [CH3][Zr+][C]1=CC=CC1.[Cl-]. The van der Waals surface area contributed by atoms with Crippen molar-refractivity contribution in [2.24, 2.45) is 0 Å². The molecule has 0 spiro atoms. The van der Waals surface area contributed by atoms with Crippen LogP contribution < -0.4 is 12.4 Å². The summed E-state index contributed by atoms with van der Waals surface area (Å²) in [5.41, 5.74) is 0. The Hall–Kier alpha value is 0.653. The van der Waals surface area contributed by atoms with Crippen LogP contribution in [0.4, 0.5) is 0 Å². The van der Waals surface area contributed by atoms with Gasteiger partial charge in [-0.25, -0.2) is 0 Å². The minimum Gasteiger partial charge on any atom is -1.00 e. The summed E-state index contributed by atoms with van der Waals surface area (Å²) < 4.78 is 4.09. The molecule has 0 saturated heterocycles. The van der Waals surface area contributed by atoms with Crippen molar-refractivity contribution in [3.05, 3.63) is 21.5 Å². The van der Waals surface area contributed by atoms with Crippen molar-refractivity contribution in [2.75, 3.05) is 0 Å². The summed E-state index contributed by atoms with van der Waals surface area (Å²) in [7, 11) is 0. The molecule has 0 aromatic heterocycles. The average Bonchev–Trinajstić information content (AvgIpc) is 2.14. The minimum absolute atomic E-state index is 0. The van der Waals surface area contributed by atoms with E-state index in [1.165, 1.54) is 6.42 Å². The molecule has 0 saturated carbocycles. The summed E-state index contributed by atoms with van der Waals surface area (Å²) in [6.07, 6.45) is 7.94. The molecule has 0 aromatic carbocycles. The van der Waals surface area contributed by atoms with E-state index < -0.39 is 0 Å². The van der Waals surface area contributed by atoms with Crippen molar-refractivity contribution in [3.8, 4) is 0 Å². The van der Waals surface area contributed by atoms with Crippen molar-refractivity contribution >= 4 is 0 Å². The van der Waals surface area contributed by atoms with E-state index >= 15 is 0 Å². The van der Waals surface area contributed by atoms with Crippen LogP contribution in [0.1, 0.15) is 6.42 Å². The predicted octanol–water partition coefficient (Wildman–Crippen LogP) is -1.04. The maximum atomic E-state index is 2.36. The van der Waals surface area contributed by atoms with Gasteiger partial charge in [-0.3, -0.25) is 0 Å². The maximum Gasteiger partial charge on any atom is -1.00 e. The molecule has 0 aliphatic heterocycles. The molecule has 1 rings (SSSR count). The normalized spacial score (nSPS) is 14.4. The second kappa shape index (κ2) is 4.52. The third kappa shape index (κ3) is 2.28. The fraction of sp³-hybridized carbons (Fsp3) is 0.333. The molecule has 43 valence electrons. The quantitative estimate of drug-likeness (QED) is 0.515. The molecular weight excluding hydrogens is 199 g/mol. The molecule has 1 aliphatic carbocycles. The van der Waals surface area contributed by atoms with Crippen LogP contribution in [0.25, 0.3) is 0 Å². The molecular formula is C6H8ClZr. The zero-order valence-electron chi connectivity index (χ0n) is 4.82. The van der Waals surface area contributed by atoms with Crippen LogP contribution in [0.3, 0.4) is 0 Å². The maximum absolute atomic E-state index is 2.36. The van der Waals surface area contributed by atoms with Crippen LogP contribution in [0.15, 0.2) is 21.5 Å². The van der Waals surface area contributed by atoms with Crippen LogP contribution in [0.2, 0.25) is 4.63 Å². The summed E-state index contributed by atoms with van der Waals surface area (Å²) in [5.74, 6) is 0. The second-order valence-electron chi connectivity index (χ2n) is 1.57. The van der Waals surface area contributed by atoms with Crippen LogP contribution >= 0.6 is 0 Å². The van der Waals surface area contributed by atoms with Gasteiger partial charge in [0.25, 0.3) is 0 Å². The van der Waals surface area contributed by atoms with E-state index in [9.17, 15) is 0 Å². The van der Waals surface area contributed by atoms with E-state index in [1.807, 2.05) is 0 Å². The van der Waals surface area contributed by atoms with Crippen molar-refractivity contribution < 1.29 is 35.6 Å². The van der Waals surface area contributed by atoms with Crippen molar-refractivity contribution in [2.45, 2.75) is 11.1 Å². The van der Waals surface area contributed by atoms with E-state index in [1.54, 1.807) is 3.28 Å². The van der Waals surface area contributed by atoms with E-state index in [-0.39, 0.29) is 35.6 Å². The van der Waals surface area contributed by atoms with Gasteiger partial charge in [-0.05, 0) is 0 Å².